The van der Waals surface area contributed by atoms with Crippen LogP contribution < -0.4 is 5.32 Å². The molecule has 0 radical (unpaired) electrons. The van der Waals surface area contributed by atoms with Gasteiger partial charge in [-0.15, -0.1) is 0 Å². The van der Waals surface area contributed by atoms with Crippen LogP contribution in [0, 0.1) is 13.8 Å². The SMILES string of the molecule is Cc1cccc([C@@H](C)NCc2c(C)oc3ccccc23)c1. The van der Waals surface area contributed by atoms with Crippen LogP contribution in [0.25, 0.3) is 11.0 Å². The van der Waals surface area contributed by atoms with E-state index in [-0.39, 0.29) is 0 Å². The molecule has 0 bridgehead atoms. The molecule has 3 aromatic rings. The lowest BCUT2D eigenvalue weighted by Gasteiger charge is -2.14. The van der Waals surface area contributed by atoms with Gasteiger partial charge in [0.05, 0.1) is 0 Å². The number of fused-ring (bicyclic) bond motifs is 1. The maximum atomic E-state index is 5.82. The van der Waals surface area contributed by atoms with Gasteiger partial charge in [0.2, 0.25) is 0 Å². The molecule has 0 spiro atoms. The molecule has 1 atom stereocenters. The van der Waals surface area contributed by atoms with E-state index in [1.54, 1.807) is 0 Å². The minimum atomic E-state index is 0.318. The van der Waals surface area contributed by atoms with Crippen LogP contribution in [0.5, 0.6) is 0 Å². The summed E-state index contributed by atoms with van der Waals surface area (Å²) in [5.41, 5.74) is 4.84. The Morgan fingerprint density at radius 2 is 1.86 bits per heavy atom. The highest BCUT2D eigenvalue weighted by Gasteiger charge is 2.12. The Morgan fingerprint density at radius 1 is 1.05 bits per heavy atom. The van der Waals surface area contributed by atoms with E-state index in [2.05, 4.69) is 55.6 Å². The summed E-state index contributed by atoms with van der Waals surface area (Å²) in [6, 6.07) is 17.2. The molecule has 1 heterocycles. The fourth-order valence-electron chi connectivity index (χ4n) is 2.75. The average molecular weight is 279 g/mol. The van der Waals surface area contributed by atoms with Crippen LogP contribution in [0.2, 0.25) is 0 Å². The van der Waals surface area contributed by atoms with Crippen LogP contribution in [0.15, 0.2) is 52.9 Å². The van der Waals surface area contributed by atoms with Gasteiger partial charge in [-0.1, -0.05) is 48.0 Å². The van der Waals surface area contributed by atoms with Gasteiger partial charge in [-0.25, -0.2) is 0 Å². The second kappa shape index (κ2) is 5.74. The summed E-state index contributed by atoms with van der Waals surface area (Å²) in [5.74, 6) is 1.00. The molecule has 0 aliphatic rings. The van der Waals surface area contributed by atoms with Crippen molar-refractivity contribution in [2.75, 3.05) is 0 Å². The summed E-state index contributed by atoms with van der Waals surface area (Å²) in [5, 5.41) is 4.81. The highest BCUT2D eigenvalue weighted by Crippen LogP contribution is 2.25. The maximum Gasteiger partial charge on any atom is 0.134 e. The van der Waals surface area contributed by atoms with E-state index in [9.17, 15) is 0 Å². The van der Waals surface area contributed by atoms with Crippen molar-refractivity contribution in [1.82, 2.24) is 5.32 Å². The molecule has 0 saturated carbocycles. The zero-order valence-corrected chi connectivity index (χ0v) is 12.8. The fourth-order valence-corrected chi connectivity index (χ4v) is 2.75. The van der Waals surface area contributed by atoms with Crippen molar-refractivity contribution in [3.05, 3.63) is 71.0 Å². The van der Waals surface area contributed by atoms with Gasteiger partial charge in [0.1, 0.15) is 11.3 Å². The molecule has 1 N–H and O–H groups in total. The number of hydrogen-bond donors (Lipinski definition) is 1. The fraction of sp³-hybridized carbons (Fsp3) is 0.263. The van der Waals surface area contributed by atoms with E-state index in [1.807, 2.05) is 19.1 Å². The minimum Gasteiger partial charge on any atom is -0.461 e. The molecule has 0 unspecified atom stereocenters. The normalized spacial score (nSPS) is 12.7. The minimum absolute atomic E-state index is 0.318. The highest BCUT2D eigenvalue weighted by atomic mass is 16.3. The standard InChI is InChI=1S/C19H21NO/c1-13-7-6-8-16(11-13)14(2)20-12-18-15(3)21-19-10-5-4-9-17(18)19/h4-11,14,20H,12H2,1-3H3/t14-/m1/s1. The predicted molar refractivity (Wildman–Crippen MR) is 87.4 cm³/mol. The lowest BCUT2D eigenvalue weighted by molar-refractivity contribution is 0.544. The molecule has 21 heavy (non-hydrogen) atoms. The van der Waals surface area contributed by atoms with Gasteiger partial charge in [0.15, 0.2) is 0 Å². The Kier molecular flexibility index (Phi) is 3.80. The van der Waals surface area contributed by atoms with Crippen LogP contribution in [-0.4, -0.2) is 0 Å². The van der Waals surface area contributed by atoms with E-state index in [4.69, 9.17) is 4.42 Å². The van der Waals surface area contributed by atoms with Crippen molar-refractivity contribution in [3.63, 3.8) is 0 Å². The predicted octanol–water partition coefficient (Wildman–Crippen LogP) is 4.90. The van der Waals surface area contributed by atoms with E-state index in [0.717, 1.165) is 17.9 Å². The lowest BCUT2D eigenvalue weighted by Crippen LogP contribution is -2.18. The number of nitrogens with one attached hydrogen (secondary N) is 1. The highest BCUT2D eigenvalue weighted by molar-refractivity contribution is 5.82. The van der Waals surface area contributed by atoms with Gasteiger partial charge in [0.25, 0.3) is 0 Å². The van der Waals surface area contributed by atoms with Crippen molar-refractivity contribution in [1.29, 1.82) is 0 Å². The molecule has 0 aliphatic carbocycles. The molecule has 3 rings (SSSR count). The quantitative estimate of drug-likeness (QED) is 0.734. The monoisotopic (exact) mass is 279 g/mol. The van der Waals surface area contributed by atoms with Gasteiger partial charge in [-0.05, 0) is 32.4 Å². The van der Waals surface area contributed by atoms with E-state index < -0.39 is 0 Å². The van der Waals surface area contributed by atoms with E-state index in [1.165, 1.54) is 22.1 Å². The molecule has 1 aromatic heterocycles. The molecule has 0 aliphatic heterocycles. The Labute approximate surface area is 125 Å². The third-order valence-electron chi connectivity index (χ3n) is 4.03. The van der Waals surface area contributed by atoms with Crippen LogP contribution in [-0.2, 0) is 6.54 Å². The van der Waals surface area contributed by atoms with Crippen LogP contribution in [0.4, 0.5) is 0 Å². The lowest BCUT2D eigenvalue weighted by atomic mass is 10.0. The summed E-state index contributed by atoms with van der Waals surface area (Å²) >= 11 is 0. The van der Waals surface area contributed by atoms with Crippen molar-refractivity contribution in [2.24, 2.45) is 0 Å². The first kappa shape index (κ1) is 13.9. The first-order valence-corrected chi connectivity index (χ1v) is 7.42. The van der Waals surface area contributed by atoms with Crippen LogP contribution >= 0.6 is 0 Å². The van der Waals surface area contributed by atoms with Gasteiger partial charge >= 0.3 is 0 Å². The van der Waals surface area contributed by atoms with E-state index >= 15 is 0 Å². The second-order valence-corrected chi connectivity index (χ2v) is 5.65. The Bertz CT molecular complexity index is 757. The molecule has 0 saturated heterocycles. The number of para-hydroxylation sites is 1. The van der Waals surface area contributed by atoms with E-state index in [0.29, 0.717) is 6.04 Å². The molecular formula is C19H21NO. The number of aryl methyl sites for hydroxylation is 2. The van der Waals surface area contributed by atoms with Crippen molar-refractivity contribution in [2.45, 2.75) is 33.4 Å². The van der Waals surface area contributed by atoms with Crippen LogP contribution in [0.1, 0.15) is 35.4 Å². The molecule has 0 amide bonds. The second-order valence-electron chi connectivity index (χ2n) is 5.65. The first-order chi connectivity index (χ1) is 10.1. The van der Waals surface area contributed by atoms with Crippen molar-refractivity contribution < 1.29 is 4.42 Å². The molecule has 108 valence electrons. The largest absolute Gasteiger partial charge is 0.461 e. The van der Waals surface area contributed by atoms with Gasteiger partial charge < -0.3 is 9.73 Å². The van der Waals surface area contributed by atoms with Crippen molar-refractivity contribution >= 4 is 11.0 Å². The number of furan rings is 1. The number of rotatable bonds is 4. The topological polar surface area (TPSA) is 25.2 Å². The summed E-state index contributed by atoms with van der Waals surface area (Å²) in [7, 11) is 0. The summed E-state index contributed by atoms with van der Waals surface area (Å²) < 4.78 is 5.82. The molecule has 2 nitrogen and oxygen atoms in total. The Balaban J connectivity index is 1.79. The first-order valence-electron chi connectivity index (χ1n) is 7.42. The average Bonchev–Trinajstić information content (AvgIpc) is 2.80. The third-order valence-corrected chi connectivity index (χ3v) is 4.03. The Hall–Kier alpha value is -2.06. The molecule has 0 fully saturated rings. The van der Waals surface area contributed by atoms with Crippen LogP contribution in [0.3, 0.4) is 0 Å². The third kappa shape index (κ3) is 2.86. The van der Waals surface area contributed by atoms with Gasteiger partial charge in [-0.2, -0.15) is 0 Å². The maximum absolute atomic E-state index is 5.82. The zero-order chi connectivity index (χ0) is 14.8. The van der Waals surface area contributed by atoms with Gasteiger partial charge in [0, 0.05) is 23.5 Å². The van der Waals surface area contributed by atoms with Gasteiger partial charge in [-0.3, -0.25) is 0 Å². The summed E-state index contributed by atoms with van der Waals surface area (Å²) in [6.07, 6.45) is 0. The number of hydrogen-bond acceptors (Lipinski definition) is 2. The molecular weight excluding hydrogens is 258 g/mol. The summed E-state index contributed by atoms with van der Waals surface area (Å²) in [6.45, 7) is 7.18. The number of benzene rings is 2. The molecule has 2 aromatic carbocycles. The summed E-state index contributed by atoms with van der Waals surface area (Å²) in [4.78, 5) is 0. The Morgan fingerprint density at radius 3 is 2.67 bits per heavy atom. The van der Waals surface area contributed by atoms with Crippen molar-refractivity contribution in [3.8, 4) is 0 Å². The zero-order valence-electron chi connectivity index (χ0n) is 12.8. The smallest absolute Gasteiger partial charge is 0.134 e. The molecule has 2 heteroatoms.